The van der Waals surface area contributed by atoms with E-state index in [1.165, 1.54) is 0 Å². The van der Waals surface area contributed by atoms with Crippen LogP contribution in [0.4, 0.5) is 5.69 Å². The summed E-state index contributed by atoms with van der Waals surface area (Å²) in [5, 5.41) is 0. The van der Waals surface area contributed by atoms with E-state index in [9.17, 15) is 0 Å². The van der Waals surface area contributed by atoms with Crippen LogP contribution in [0, 0.1) is 0 Å². The van der Waals surface area contributed by atoms with Crippen LogP contribution >= 0.6 is 12.6 Å². The van der Waals surface area contributed by atoms with Gasteiger partial charge in [0.2, 0.25) is 0 Å². The van der Waals surface area contributed by atoms with Crippen LogP contribution in [0.3, 0.4) is 0 Å². The van der Waals surface area contributed by atoms with E-state index < -0.39 is 0 Å². The van der Waals surface area contributed by atoms with Crippen molar-refractivity contribution in [3.05, 3.63) is 121 Å². The largest absolute Gasteiger partial charge is 0.494 e. The van der Waals surface area contributed by atoms with Crippen molar-refractivity contribution in [2.45, 2.75) is 11.8 Å². The van der Waals surface area contributed by atoms with Crippen LogP contribution in [0.2, 0.25) is 0 Å². The normalized spacial score (nSPS) is 11.1. The van der Waals surface area contributed by atoms with E-state index in [0.29, 0.717) is 6.61 Å². The van der Waals surface area contributed by atoms with Gasteiger partial charge in [0.15, 0.2) is 0 Å². The number of rotatable bonds is 7. The second-order valence-electron chi connectivity index (χ2n) is 8.07. The molecule has 35 heavy (non-hydrogen) atoms. The Kier molecular flexibility index (Phi) is 6.82. The van der Waals surface area contributed by atoms with Crippen molar-refractivity contribution in [3.63, 3.8) is 0 Å². The average Bonchev–Trinajstić information content (AvgIpc) is 3.29. The summed E-state index contributed by atoms with van der Waals surface area (Å²) in [6.45, 7) is 2.64. The van der Waals surface area contributed by atoms with Gasteiger partial charge in [-0.2, -0.15) is 0 Å². The summed E-state index contributed by atoms with van der Waals surface area (Å²) in [6, 6.07) is 39.2. The van der Waals surface area contributed by atoms with Gasteiger partial charge in [-0.3, -0.25) is 4.99 Å². The Balaban J connectivity index is 1.75. The lowest BCUT2D eigenvalue weighted by molar-refractivity contribution is 0.340. The zero-order valence-electron chi connectivity index (χ0n) is 19.5. The summed E-state index contributed by atoms with van der Waals surface area (Å²) in [7, 11) is 0. The highest BCUT2D eigenvalue weighted by molar-refractivity contribution is 7.80. The van der Waals surface area contributed by atoms with Crippen molar-refractivity contribution in [2.75, 3.05) is 6.61 Å². The lowest BCUT2D eigenvalue weighted by atomic mass is 10.1. The van der Waals surface area contributed by atoms with E-state index in [1.807, 2.05) is 61.7 Å². The minimum Gasteiger partial charge on any atom is -0.494 e. The fraction of sp³-hybridized carbons (Fsp3) is 0.0645. The molecule has 1 heterocycles. The Morgan fingerprint density at radius 2 is 1.40 bits per heavy atom. The molecular weight excluding hydrogens is 448 g/mol. The Bertz CT molecular complexity index is 1440. The minimum atomic E-state index is 0.640. The van der Waals surface area contributed by atoms with Crippen LogP contribution < -0.4 is 4.74 Å². The van der Waals surface area contributed by atoms with Gasteiger partial charge >= 0.3 is 0 Å². The summed E-state index contributed by atoms with van der Waals surface area (Å²) in [5.74, 6) is 0.859. The molecule has 0 spiro atoms. The van der Waals surface area contributed by atoms with Crippen LogP contribution in [0.1, 0.15) is 12.5 Å². The highest BCUT2D eigenvalue weighted by Gasteiger charge is 2.18. The van der Waals surface area contributed by atoms with Crippen LogP contribution in [0.25, 0.3) is 28.2 Å². The third-order valence-electron chi connectivity index (χ3n) is 5.78. The topological polar surface area (TPSA) is 26.5 Å². The zero-order valence-corrected chi connectivity index (χ0v) is 20.4. The predicted molar refractivity (Wildman–Crippen MR) is 149 cm³/mol. The van der Waals surface area contributed by atoms with Crippen LogP contribution in [0.5, 0.6) is 5.75 Å². The fourth-order valence-corrected chi connectivity index (χ4v) is 4.40. The van der Waals surface area contributed by atoms with E-state index in [0.717, 1.165) is 50.1 Å². The molecule has 4 heteroatoms. The van der Waals surface area contributed by atoms with E-state index in [1.54, 1.807) is 0 Å². The molecule has 5 aromatic rings. The minimum absolute atomic E-state index is 0.640. The highest BCUT2D eigenvalue weighted by Crippen LogP contribution is 2.36. The number of hydrogen-bond donors (Lipinski definition) is 1. The van der Waals surface area contributed by atoms with Crippen LogP contribution in [-0.4, -0.2) is 17.4 Å². The Hall–Kier alpha value is -4.02. The maximum atomic E-state index is 5.69. The molecule has 0 aliphatic rings. The number of aromatic nitrogens is 1. The lowest BCUT2D eigenvalue weighted by Gasteiger charge is -2.15. The van der Waals surface area contributed by atoms with Crippen molar-refractivity contribution in [3.8, 4) is 34.0 Å². The molecule has 0 bridgehead atoms. The Morgan fingerprint density at radius 3 is 2.06 bits per heavy atom. The van der Waals surface area contributed by atoms with Crippen molar-refractivity contribution in [2.24, 2.45) is 4.99 Å². The van der Waals surface area contributed by atoms with Gasteiger partial charge in [-0.1, -0.05) is 72.8 Å². The molecule has 5 rings (SSSR count). The van der Waals surface area contributed by atoms with Crippen LogP contribution in [-0.2, 0) is 0 Å². The molecule has 0 amide bonds. The molecule has 0 radical (unpaired) electrons. The van der Waals surface area contributed by atoms with Crippen molar-refractivity contribution in [1.82, 2.24) is 4.57 Å². The van der Waals surface area contributed by atoms with Crippen molar-refractivity contribution in [1.29, 1.82) is 0 Å². The van der Waals surface area contributed by atoms with Gasteiger partial charge in [0.1, 0.15) is 5.75 Å². The maximum absolute atomic E-state index is 5.69. The summed E-state index contributed by atoms with van der Waals surface area (Å²) in [6.07, 6.45) is 1.94. The molecule has 0 aliphatic heterocycles. The van der Waals surface area contributed by atoms with E-state index >= 15 is 0 Å². The van der Waals surface area contributed by atoms with Crippen molar-refractivity contribution < 1.29 is 4.74 Å². The lowest BCUT2D eigenvalue weighted by Crippen LogP contribution is -2.01. The van der Waals surface area contributed by atoms with E-state index in [4.69, 9.17) is 9.73 Å². The third-order valence-corrected chi connectivity index (χ3v) is 6.16. The van der Waals surface area contributed by atoms with Gasteiger partial charge < -0.3 is 9.30 Å². The monoisotopic (exact) mass is 474 g/mol. The molecule has 0 N–H and O–H groups in total. The van der Waals surface area contributed by atoms with Gasteiger partial charge in [0, 0.05) is 22.4 Å². The molecule has 172 valence electrons. The number of aliphatic imine (C=N–C) groups is 1. The first-order valence-electron chi connectivity index (χ1n) is 11.7. The smallest absolute Gasteiger partial charge is 0.119 e. The number of nitrogens with zero attached hydrogens (tertiary/aromatic N) is 2. The number of ether oxygens (including phenoxy) is 1. The number of para-hydroxylation sites is 1. The average molecular weight is 475 g/mol. The quantitative estimate of drug-likeness (QED) is 0.187. The van der Waals surface area contributed by atoms with Crippen LogP contribution in [0.15, 0.2) is 125 Å². The Labute approximate surface area is 211 Å². The Morgan fingerprint density at radius 1 is 0.771 bits per heavy atom. The third kappa shape index (κ3) is 4.93. The van der Waals surface area contributed by atoms with Crippen molar-refractivity contribution >= 4 is 24.5 Å². The summed E-state index contributed by atoms with van der Waals surface area (Å²) < 4.78 is 7.99. The maximum Gasteiger partial charge on any atom is 0.119 e. The fourth-order valence-electron chi connectivity index (χ4n) is 4.18. The molecule has 0 unspecified atom stereocenters. The second kappa shape index (κ2) is 10.5. The molecule has 0 atom stereocenters. The molecule has 0 fully saturated rings. The molecule has 1 aromatic heterocycles. The number of hydrogen-bond acceptors (Lipinski definition) is 3. The molecular formula is C31H26N2OS. The molecule has 0 saturated carbocycles. The zero-order chi connectivity index (χ0) is 24.0. The summed E-state index contributed by atoms with van der Waals surface area (Å²) in [5.41, 5.74) is 7.34. The molecule has 0 aliphatic carbocycles. The predicted octanol–water partition coefficient (Wildman–Crippen LogP) is 8.25. The van der Waals surface area contributed by atoms with E-state index in [2.05, 4.69) is 83.9 Å². The summed E-state index contributed by atoms with van der Waals surface area (Å²) in [4.78, 5) is 5.65. The van der Waals surface area contributed by atoms with E-state index in [-0.39, 0.29) is 0 Å². The molecule has 3 nitrogen and oxygen atoms in total. The molecule has 0 saturated heterocycles. The number of thiol groups is 1. The standard InChI is InChI=1S/C31H26N2OS/c1-2-34-27-19-17-26(18-20-27)33-29(23-11-5-3-6-12-23)21-25(31(33)24-13-7-4-8-14-24)22-32-28-15-9-10-16-30(28)35/h3-22,35H,2H2,1H3. The highest BCUT2D eigenvalue weighted by atomic mass is 32.1. The van der Waals surface area contributed by atoms with Gasteiger partial charge in [0.25, 0.3) is 0 Å². The van der Waals surface area contributed by atoms with Gasteiger partial charge in [-0.05, 0) is 60.5 Å². The van der Waals surface area contributed by atoms with Gasteiger partial charge in [-0.15, -0.1) is 12.6 Å². The van der Waals surface area contributed by atoms with Gasteiger partial charge in [-0.25, -0.2) is 0 Å². The summed E-state index contributed by atoms with van der Waals surface area (Å²) >= 11 is 4.58. The number of benzene rings is 4. The SMILES string of the molecule is CCOc1ccc(-n2c(-c3ccccc3)cc(C=Nc3ccccc3S)c2-c2ccccc2)cc1. The first-order chi connectivity index (χ1) is 17.2. The first kappa shape index (κ1) is 22.8. The van der Waals surface area contributed by atoms with Gasteiger partial charge in [0.05, 0.1) is 23.7 Å². The second-order valence-corrected chi connectivity index (χ2v) is 8.56. The molecule has 4 aromatic carbocycles. The first-order valence-corrected chi connectivity index (χ1v) is 12.1.